The van der Waals surface area contributed by atoms with Crippen LogP contribution in [0.25, 0.3) is 11.1 Å². The topological polar surface area (TPSA) is 84.0 Å². The Balaban J connectivity index is 0.00000210. The van der Waals surface area contributed by atoms with Crippen LogP contribution < -0.4 is 10.1 Å². The lowest BCUT2D eigenvalue weighted by atomic mass is 9.89. The molecule has 6 heteroatoms. The van der Waals surface area contributed by atoms with Gasteiger partial charge in [-0.25, -0.2) is 4.98 Å². The zero-order valence-electron chi connectivity index (χ0n) is 14.4. The maximum atomic E-state index is 8.92. The molecule has 1 aliphatic carbocycles. The van der Waals surface area contributed by atoms with E-state index in [9.17, 15) is 0 Å². The molecule has 1 aromatic carbocycles. The predicted molar refractivity (Wildman–Crippen MR) is 100 cm³/mol. The number of hydrogen-bond donors (Lipinski definition) is 1. The van der Waals surface area contributed by atoms with E-state index in [4.69, 9.17) is 14.4 Å². The minimum atomic E-state index is 0. The third-order valence-electron chi connectivity index (χ3n) is 4.71. The molecule has 1 aliphatic rings. The number of benzene rings is 1. The number of hydrogen-bond acceptors (Lipinski definition) is 6. The number of rotatable bonds is 5. The standard InChI is InChI=1S/C20H20N4O2.H2/c21-12-15-10-17(8-9-22-15)25-16-6-7-18-19(11-16)26-20(24-18)23-13-14-4-2-1-3-5-14;/h6-11,14H,1-5,13H2,(H,23,24);1H. The van der Waals surface area contributed by atoms with Crippen molar-refractivity contribution in [3.05, 3.63) is 42.2 Å². The van der Waals surface area contributed by atoms with Crippen molar-refractivity contribution in [3.63, 3.8) is 0 Å². The van der Waals surface area contributed by atoms with Crippen molar-refractivity contribution >= 4 is 17.1 Å². The van der Waals surface area contributed by atoms with E-state index in [1.807, 2.05) is 18.2 Å². The van der Waals surface area contributed by atoms with Gasteiger partial charge in [-0.15, -0.1) is 0 Å². The summed E-state index contributed by atoms with van der Waals surface area (Å²) < 4.78 is 11.6. The van der Waals surface area contributed by atoms with Gasteiger partial charge in [0.1, 0.15) is 28.8 Å². The first kappa shape index (κ1) is 16.4. The van der Waals surface area contributed by atoms with E-state index < -0.39 is 0 Å². The van der Waals surface area contributed by atoms with Crippen LogP contribution in [-0.4, -0.2) is 16.5 Å². The van der Waals surface area contributed by atoms with Gasteiger partial charge in [0.15, 0.2) is 5.58 Å². The molecule has 1 saturated carbocycles. The number of anilines is 1. The van der Waals surface area contributed by atoms with Crippen LogP contribution in [0.2, 0.25) is 0 Å². The van der Waals surface area contributed by atoms with Crippen LogP contribution in [0.15, 0.2) is 40.9 Å². The second-order valence-corrected chi connectivity index (χ2v) is 6.62. The number of nitrogens with one attached hydrogen (secondary N) is 1. The Morgan fingerprint density at radius 1 is 1.19 bits per heavy atom. The minimum absolute atomic E-state index is 0. The molecule has 134 valence electrons. The zero-order chi connectivity index (χ0) is 17.8. The number of oxazole rings is 1. The fourth-order valence-electron chi connectivity index (χ4n) is 3.34. The fourth-order valence-corrected chi connectivity index (χ4v) is 3.34. The van der Waals surface area contributed by atoms with Crippen LogP contribution in [0.3, 0.4) is 0 Å². The Labute approximate surface area is 153 Å². The van der Waals surface area contributed by atoms with Crippen LogP contribution in [0.4, 0.5) is 6.01 Å². The van der Waals surface area contributed by atoms with E-state index in [-0.39, 0.29) is 1.43 Å². The molecule has 26 heavy (non-hydrogen) atoms. The third-order valence-corrected chi connectivity index (χ3v) is 4.71. The number of aromatic nitrogens is 2. The smallest absolute Gasteiger partial charge is 0.295 e. The normalized spacial score (nSPS) is 14.9. The maximum absolute atomic E-state index is 8.92. The Morgan fingerprint density at radius 2 is 2.04 bits per heavy atom. The van der Waals surface area contributed by atoms with Crippen LogP contribution in [0, 0.1) is 17.2 Å². The Morgan fingerprint density at radius 3 is 2.88 bits per heavy atom. The average Bonchev–Trinajstić information content (AvgIpc) is 3.09. The van der Waals surface area contributed by atoms with Gasteiger partial charge in [-0.2, -0.15) is 10.2 Å². The molecule has 0 aliphatic heterocycles. The van der Waals surface area contributed by atoms with Gasteiger partial charge in [-0.05, 0) is 37.0 Å². The lowest BCUT2D eigenvalue weighted by Crippen LogP contribution is -2.17. The first-order valence-electron chi connectivity index (χ1n) is 8.98. The van der Waals surface area contributed by atoms with Gasteiger partial charge >= 0.3 is 0 Å². The highest BCUT2D eigenvalue weighted by atomic mass is 16.5. The molecule has 6 nitrogen and oxygen atoms in total. The number of pyridine rings is 1. The lowest BCUT2D eigenvalue weighted by molar-refractivity contribution is 0.371. The molecular weight excluding hydrogens is 328 g/mol. The van der Waals surface area contributed by atoms with E-state index >= 15 is 0 Å². The van der Waals surface area contributed by atoms with E-state index in [0.717, 1.165) is 12.1 Å². The van der Waals surface area contributed by atoms with Crippen molar-refractivity contribution in [2.75, 3.05) is 11.9 Å². The van der Waals surface area contributed by atoms with Crippen molar-refractivity contribution in [3.8, 4) is 17.6 Å². The highest BCUT2D eigenvalue weighted by Gasteiger charge is 2.14. The SMILES string of the molecule is N#Cc1cc(Oc2ccc3nc(NCC4CCCCC4)oc3c2)ccn1.[HH]. The summed E-state index contributed by atoms with van der Waals surface area (Å²) in [6.07, 6.45) is 8.11. The van der Waals surface area contributed by atoms with Gasteiger partial charge in [-0.1, -0.05) is 19.3 Å². The molecule has 1 fully saturated rings. The van der Waals surface area contributed by atoms with Gasteiger partial charge in [0.2, 0.25) is 0 Å². The molecule has 1 N–H and O–H groups in total. The lowest BCUT2D eigenvalue weighted by Gasteiger charge is -2.21. The minimum Gasteiger partial charge on any atom is -0.457 e. The maximum Gasteiger partial charge on any atom is 0.295 e. The molecule has 4 rings (SSSR count). The molecule has 0 atom stereocenters. The quantitative estimate of drug-likeness (QED) is 0.687. The largest absolute Gasteiger partial charge is 0.457 e. The second-order valence-electron chi connectivity index (χ2n) is 6.62. The fraction of sp³-hybridized carbons (Fsp3) is 0.350. The molecule has 2 aromatic heterocycles. The molecule has 0 amide bonds. The summed E-state index contributed by atoms with van der Waals surface area (Å²) >= 11 is 0. The Bertz CT molecular complexity index is 945. The van der Waals surface area contributed by atoms with Crippen molar-refractivity contribution in [1.29, 1.82) is 5.26 Å². The summed E-state index contributed by atoms with van der Waals surface area (Å²) in [7, 11) is 0. The van der Waals surface area contributed by atoms with Crippen LogP contribution in [0.5, 0.6) is 11.5 Å². The van der Waals surface area contributed by atoms with E-state index in [1.165, 1.54) is 32.1 Å². The number of nitriles is 1. The molecule has 0 spiro atoms. The number of nitrogens with zero attached hydrogens (tertiary/aromatic N) is 3. The van der Waals surface area contributed by atoms with Crippen molar-refractivity contribution in [2.45, 2.75) is 32.1 Å². The van der Waals surface area contributed by atoms with Crippen molar-refractivity contribution < 1.29 is 10.6 Å². The molecular formula is C20H22N4O2. The monoisotopic (exact) mass is 350 g/mol. The van der Waals surface area contributed by atoms with Crippen LogP contribution in [0.1, 0.15) is 39.2 Å². The first-order valence-corrected chi connectivity index (χ1v) is 8.98. The number of fused-ring (bicyclic) bond motifs is 1. The number of ether oxygens (including phenoxy) is 1. The predicted octanol–water partition coefficient (Wildman–Crippen LogP) is 5.12. The molecule has 0 unspecified atom stereocenters. The summed E-state index contributed by atoms with van der Waals surface area (Å²) in [6, 6.07) is 11.4. The molecule has 0 radical (unpaired) electrons. The van der Waals surface area contributed by atoms with E-state index in [2.05, 4.69) is 15.3 Å². The van der Waals surface area contributed by atoms with Gasteiger partial charge in [0.25, 0.3) is 6.01 Å². The Hall–Kier alpha value is -3.07. The van der Waals surface area contributed by atoms with Crippen molar-refractivity contribution in [1.82, 2.24) is 9.97 Å². The average molecular weight is 350 g/mol. The molecule has 3 aromatic rings. The second kappa shape index (κ2) is 7.44. The summed E-state index contributed by atoms with van der Waals surface area (Å²) in [4.78, 5) is 8.42. The summed E-state index contributed by atoms with van der Waals surface area (Å²) in [5.74, 6) is 1.90. The summed E-state index contributed by atoms with van der Waals surface area (Å²) in [5.41, 5.74) is 1.77. The van der Waals surface area contributed by atoms with Gasteiger partial charge in [0.05, 0.1) is 0 Å². The summed E-state index contributed by atoms with van der Waals surface area (Å²) in [5, 5.41) is 12.2. The summed E-state index contributed by atoms with van der Waals surface area (Å²) in [6.45, 7) is 0.907. The molecule has 0 saturated heterocycles. The van der Waals surface area contributed by atoms with Crippen molar-refractivity contribution in [2.24, 2.45) is 5.92 Å². The highest BCUT2D eigenvalue weighted by molar-refractivity contribution is 5.76. The van der Waals surface area contributed by atoms with E-state index in [1.54, 1.807) is 24.4 Å². The van der Waals surface area contributed by atoms with E-state index in [0.29, 0.717) is 34.7 Å². The van der Waals surface area contributed by atoms with Gasteiger partial charge in [0, 0.05) is 26.3 Å². The first-order chi connectivity index (χ1) is 12.8. The Kier molecular flexibility index (Phi) is 4.69. The van der Waals surface area contributed by atoms with Gasteiger partial charge in [-0.3, -0.25) is 0 Å². The van der Waals surface area contributed by atoms with Crippen LogP contribution in [-0.2, 0) is 0 Å². The zero-order valence-corrected chi connectivity index (χ0v) is 14.4. The molecule has 2 heterocycles. The third kappa shape index (κ3) is 3.77. The molecule has 0 bridgehead atoms. The van der Waals surface area contributed by atoms with Crippen LogP contribution >= 0.6 is 0 Å². The highest BCUT2D eigenvalue weighted by Crippen LogP contribution is 2.28. The van der Waals surface area contributed by atoms with Gasteiger partial charge < -0.3 is 14.5 Å².